The van der Waals surface area contributed by atoms with Crippen LogP contribution in [0.5, 0.6) is 0 Å². The molecule has 0 aromatic rings. The van der Waals surface area contributed by atoms with Crippen molar-refractivity contribution in [3.63, 3.8) is 0 Å². The Hall–Kier alpha value is -0.640. The number of nitrogens with two attached hydrogens (primary N) is 4. The van der Waals surface area contributed by atoms with Gasteiger partial charge in [0.05, 0.1) is 60.9 Å². The van der Waals surface area contributed by atoms with E-state index in [1.165, 1.54) is 244 Å². The number of hydrogen-bond acceptors (Lipinski definition) is 16. The van der Waals surface area contributed by atoms with Crippen LogP contribution in [0.4, 0.5) is 0 Å². The van der Waals surface area contributed by atoms with Gasteiger partial charge in [0.1, 0.15) is 0 Å². The van der Waals surface area contributed by atoms with Gasteiger partial charge >= 0.3 is 0 Å². The van der Waals surface area contributed by atoms with Crippen molar-refractivity contribution in [3.8, 4) is 0 Å². The monoisotopic (exact) mass is 1370 g/mol. The molecule has 16 N–H and O–H groups in total. The van der Waals surface area contributed by atoms with E-state index in [1.807, 2.05) is 19.6 Å². The Morgan fingerprint density at radius 1 is 0.208 bits per heavy atom. The topological polar surface area (TPSA) is 279 Å². The van der Waals surface area contributed by atoms with Gasteiger partial charge in [0.25, 0.3) is 0 Å². The van der Waals surface area contributed by atoms with E-state index in [2.05, 4.69) is 27.7 Å². The third kappa shape index (κ3) is 55.9. The molecule has 96 heavy (non-hydrogen) atoms. The molecule has 0 saturated carbocycles. The maximum Gasteiger partial charge on any atom is 0.0982 e. The van der Waals surface area contributed by atoms with E-state index in [0.717, 1.165) is 89.9 Å². The summed E-state index contributed by atoms with van der Waals surface area (Å²) < 4.78 is 0. The predicted octanol–water partition coefficient (Wildman–Crippen LogP) is 14.0. The molecule has 0 spiro atoms. The molecule has 578 valence electrons. The highest BCUT2D eigenvalue weighted by Gasteiger charge is 2.46. The lowest BCUT2D eigenvalue weighted by molar-refractivity contribution is -0.130. The molecule has 0 bridgehead atoms. The van der Waals surface area contributed by atoms with Crippen LogP contribution in [0.1, 0.15) is 362 Å². The van der Waals surface area contributed by atoms with Gasteiger partial charge in [0.15, 0.2) is 0 Å². The van der Waals surface area contributed by atoms with E-state index >= 15 is 0 Å². The number of unbranched alkanes of at least 4 members (excludes halogenated alkanes) is 48. The van der Waals surface area contributed by atoms with E-state index in [9.17, 15) is 40.9 Å². The van der Waals surface area contributed by atoms with Crippen LogP contribution in [0.15, 0.2) is 0 Å². The van der Waals surface area contributed by atoms with Crippen LogP contribution in [-0.4, -0.2) is 213 Å². The first-order valence-corrected chi connectivity index (χ1v) is 42.0. The van der Waals surface area contributed by atoms with E-state index in [-0.39, 0.29) is 65.4 Å². The summed E-state index contributed by atoms with van der Waals surface area (Å²) in [6, 6.07) is -2.17. The fourth-order valence-electron chi connectivity index (χ4n) is 14.5. The molecule has 16 nitrogen and oxygen atoms in total. The second-order valence-electron chi connectivity index (χ2n) is 30.1. The fraction of sp³-hybridized carbons (Fsp3) is 1.00. The molecule has 0 rings (SSSR count). The van der Waals surface area contributed by atoms with Crippen molar-refractivity contribution in [2.45, 2.75) is 422 Å². The zero-order chi connectivity index (χ0) is 70.8. The molecule has 16 heteroatoms. The van der Waals surface area contributed by atoms with Crippen LogP contribution in [0, 0.1) is 0 Å². The quantitative estimate of drug-likeness (QED) is 0.0252. The molecule has 10 atom stereocenters. The summed E-state index contributed by atoms with van der Waals surface area (Å²) in [6.45, 7) is 11.5. The van der Waals surface area contributed by atoms with E-state index in [4.69, 9.17) is 22.9 Å². The van der Waals surface area contributed by atoms with Crippen LogP contribution in [-0.2, 0) is 0 Å². The standard InChI is InChI=1S/C80H170N8O8/c1-5-9-13-17-21-25-29-33-35-38-42-46-50-54-58-86(66-72(90)62-82)70-76(94)80(96)78(88(68-74(92)64-84)60-56-52-48-44-40-36-34-30-26-22-18-14-10-6-2)77(87(67-73(91)63-83)59-55-51-47-43-39-32-28-24-20-16-12-8-4)79(95)75(93)69-85(65-71(89)61-81)57-53-49-45-41-37-31-27-23-19-15-11-7-3/h71-80,89-96H,5-70,81-84H2,1-4H3. The summed E-state index contributed by atoms with van der Waals surface area (Å²) >= 11 is 0. The average Bonchev–Trinajstić information content (AvgIpc) is 0.818. The Bertz CT molecular complexity index is 1540. The van der Waals surface area contributed by atoms with Crippen molar-refractivity contribution in [1.29, 1.82) is 0 Å². The zero-order valence-corrected chi connectivity index (χ0v) is 64.1. The molecule has 0 aromatic carbocycles. The second kappa shape index (κ2) is 71.4. The largest absolute Gasteiger partial charge is 0.390 e. The lowest BCUT2D eigenvalue weighted by Gasteiger charge is -2.49. The van der Waals surface area contributed by atoms with E-state index in [0.29, 0.717) is 26.2 Å². The molecule has 0 saturated heterocycles. The molecule has 0 amide bonds. The molecule has 0 heterocycles. The lowest BCUT2D eigenvalue weighted by atomic mass is 9.87. The molecule has 0 radical (unpaired) electrons. The fourth-order valence-corrected chi connectivity index (χ4v) is 14.5. The molecule has 0 fully saturated rings. The number of aliphatic hydroxyl groups excluding tert-OH is 8. The Morgan fingerprint density at radius 3 is 0.562 bits per heavy atom. The summed E-state index contributed by atoms with van der Waals surface area (Å²) in [5, 5.41) is 97.7. The Balaban J connectivity index is 7.32. The maximum absolute atomic E-state index is 13.3. The number of aliphatic hydroxyl groups is 8. The van der Waals surface area contributed by atoms with Crippen molar-refractivity contribution in [1.82, 2.24) is 19.6 Å². The first kappa shape index (κ1) is 95.4. The van der Waals surface area contributed by atoms with E-state index < -0.39 is 60.9 Å². The summed E-state index contributed by atoms with van der Waals surface area (Å²) in [7, 11) is 0. The van der Waals surface area contributed by atoms with Gasteiger partial charge in [-0.2, -0.15) is 0 Å². The average molecular weight is 1370 g/mol. The summed E-state index contributed by atoms with van der Waals surface area (Å²) in [6.07, 6.45) is 52.6. The molecule has 0 aliphatic heterocycles. The van der Waals surface area contributed by atoms with Gasteiger partial charge in [0.2, 0.25) is 0 Å². The van der Waals surface area contributed by atoms with Crippen molar-refractivity contribution in [2.75, 3.05) is 91.6 Å². The van der Waals surface area contributed by atoms with Crippen molar-refractivity contribution < 1.29 is 40.9 Å². The normalized spacial score (nSPS) is 15.5. The first-order chi connectivity index (χ1) is 46.8. The third-order valence-corrected chi connectivity index (χ3v) is 20.7. The molecule has 0 aliphatic carbocycles. The minimum Gasteiger partial charge on any atom is -0.390 e. The number of nitrogens with zero attached hydrogens (tertiary/aromatic N) is 4. The Labute approximate surface area is 594 Å². The van der Waals surface area contributed by atoms with Crippen molar-refractivity contribution in [2.24, 2.45) is 22.9 Å². The second-order valence-corrected chi connectivity index (χ2v) is 30.1. The van der Waals surface area contributed by atoms with Crippen LogP contribution in [0.2, 0.25) is 0 Å². The minimum absolute atomic E-state index is 0.0122. The smallest absolute Gasteiger partial charge is 0.0982 e. The van der Waals surface area contributed by atoms with Gasteiger partial charge in [0, 0.05) is 65.4 Å². The molecule has 0 aliphatic rings. The summed E-state index contributed by atoms with van der Waals surface area (Å²) in [5.41, 5.74) is 24.7. The molecule has 0 aromatic heterocycles. The third-order valence-electron chi connectivity index (χ3n) is 20.7. The van der Waals surface area contributed by atoms with Gasteiger partial charge in [-0.05, 0) is 51.9 Å². The van der Waals surface area contributed by atoms with Gasteiger partial charge in [-0.25, -0.2) is 0 Å². The first-order valence-electron chi connectivity index (χ1n) is 42.0. The summed E-state index contributed by atoms with van der Waals surface area (Å²) in [4.78, 5) is 8.02. The maximum atomic E-state index is 13.3. The molecular formula is C80H170N8O8. The Morgan fingerprint density at radius 2 is 0.375 bits per heavy atom. The van der Waals surface area contributed by atoms with Crippen LogP contribution in [0.3, 0.4) is 0 Å². The highest BCUT2D eigenvalue weighted by Crippen LogP contribution is 2.28. The molecular weight excluding hydrogens is 1200 g/mol. The summed E-state index contributed by atoms with van der Waals surface area (Å²) in [5.74, 6) is 0. The Kier molecular flexibility index (Phi) is 70.9. The minimum atomic E-state index is -1.54. The van der Waals surface area contributed by atoms with Crippen LogP contribution in [0.25, 0.3) is 0 Å². The SMILES string of the molecule is CCCCCCCCCCCCCCCCN(CC(O)CN)CC(O)C(O)C(C(C(O)C(O)CN(CCCCCCCCCCCCCC)CC(O)CN)N(CCCCCCCCCCCCCC)CC(O)CN)N(CCCCCCCCCCCCCCCC)CC(O)CN. The number of hydrogen-bond donors (Lipinski definition) is 12. The van der Waals surface area contributed by atoms with Gasteiger partial charge in [-0.15, -0.1) is 0 Å². The van der Waals surface area contributed by atoms with Crippen molar-refractivity contribution in [3.05, 3.63) is 0 Å². The van der Waals surface area contributed by atoms with Gasteiger partial charge < -0.3 is 63.8 Å². The predicted molar refractivity (Wildman–Crippen MR) is 411 cm³/mol. The van der Waals surface area contributed by atoms with Crippen LogP contribution < -0.4 is 22.9 Å². The molecule has 10 unspecified atom stereocenters. The van der Waals surface area contributed by atoms with Crippen molar-refractivity contribution >= 4 is 0 Å². The lowest BCUT2D eigenvalue weighted by Crippen LogP contribution is -2.68. The van der Waals surface area contributed by atoms with E-state index in [1.54, 1.807) is 0 Å². The number of rotatable bonds is 79. The van der Waals surface area contributed by atoms with Crippen LogP contribution >= 0.6 is 0 Å². The van der Waals surface area contributed by atoms with Gasteiger partial charge in [-0.1, -0.05) is 336 Å². The highest BCUT2D eigenvalue weighted by atomic mass is 16.3. The van der Waals surface area contributed by atoms with Gasteiger partial charge in [-0.3, -0.25) is 19.6 Å². The zero-order valence-electron chi connectivity index (χ0n) is 64.1. The highest BCUT2D eigenvalue weighted by molar-refractivity contribution is 5.02.